The number of carbonyl (C=O) groups is 2. The van der Waals surface area contributed by atoms with E-state index in [2.05, 4.69) is 22.7 Å². The van der Waals surface area contributed by atoms with E-state index in [4.69, 9.17) is 9.26 Å². The minimum absolute atomic E-state index is 0.0790. The van der Waals surface area contributed by atoms with E-state index in [0.29, 0.717) is 38.5 Å². The third kappa shape index (κ3) is 4.75. The molecule has 9 nitrogen and oxygen atoms in total. The van der Waals surface area contributed by atoms with Crippen molar-refractivity contribution in [3.8, 4) is 6.07 Å². The van der Waals surface area contributed by atoms with Gasteiger partial charge in [-0.15, -0.1) is 0 Å². The van der Waals surface area contributed by atoms with Gasteiger partial charge in [0.1, 0.15) is 11.6 Å². The summed E-state index contributed by atoms with van der Waals surface area (Å²) in [6.45, 7) is 9.78. The standard InChI is InChI=1S/C23H29N5O4/c1-15-10-21(32-25-15)23(30)27-8-6-26(7-9-27)22(29)20(13-24)12-19-11-16(2)28(18(19)4)17(3)14-31-5/h10-12,17H,6-9,14H2,1-5H3/b20-12+. The first-order chi connectivity index (χ1) is 15.3. The number of aromatic nitrogens is 2. The highest BCUT2D eigenvalue weighted by Crippen LogP contribution is 2.23. The molecule has 0 aliphatic carbocycles. The van der Waals surface area contributed by atoms with E-state index in [9.17, 15) is 14.9 Å². The maximum Gasteiger partial charge on any atom is 0.292 e. The number of carbonyl (C=O) groups excluding carboxylic acids is 2. The van der Waals surface area contributed by atoms with Crippen LogP contribution in [-0.2, 0) is 9.53 Å². The number of methoxy groups -OCH3 is 1. The molecular weight excluding hydrogens is 410 g/mol. The summed E-state index contributed by atoms with van der Waals surface area (Å²) in [6, 6.07) is 5.77. The lowest BCUT2D eigenvalue weighted by Gasteiger charge is -2.34. The van der Waals surface area contributed by atoms with Crippen LogP contribution in [0, 0.1) is 32.1 Å². The fourth-order valence-electron chi connectivity index (χ4n) is 4.14. The molecule has 1 atom stereocenters. The van der Waals surface area contributed by atoms with E-state index in [0.717, 1.165) is 17.0 Å². The summed E-state index contributed by atoms with van der Waals surface area (Å²) in [5.41, 5.74) is 3.57. The summed E-state index contributed by atoms with van der Waals surface area (Å²) >= 11 is 0. The molecule has 9 heteroatoms. The molecule has 0 aromatic carbocycles. The lowest BCUT2D eigenvalue weighted by molar-refractivity contribution is -0.128. The van der Waals surface area contributed by atoms with Crippen LogP contribution >= 0.6 is 0 Å². The first-order valence-corrected chi connectivity index (χ1v) is 10.6. The first-order valence-electron chi connectivity index (χ1n) is 10.6. The number of piperazine rings is 1. The number of hydrogen-bond donors (Lipinski definition) is 0. The number of amides is 2. The molecule has 1 fully saturated rings. The molecule has 2 amide bonds. The molecule has 3 rings (SSSR count). The highest BCUT2D eigenvalue weighted by Gasteiger charge is 2.28. The molecule has 32 heavy (non-hydrogen) atoms. The van der Waals surface area contributed by atoms with Crippen molar-refractivity contribution < 1.29 is 18.8 Å². The topological polar surface area (TPSA) is 105 Å². The van der Waals surface area contributed by atoms with Gasteiger partial charge in [-0.3, -0.25) is 9.59 Å². The molecule has 0 radical (unpaired) electrons. The van der Waals surface area contributed by atoms with E-state index in [1.165, 1.54) is 0 Å². The predicted octanol–water partition coefficient (Wildman–Crippen LogP) is 2.50. The number of aryl methyl sites for hydroxylation is 2. The Balaban J connectivity index is 1.71. The zero-order valence-corrected chi connectivity index (χ0v) is 19.2. The second-order valence-electron chi connectivity index (χ2n) is 8.09. The minimum Gasteiger partial charge on any atom is -0.383 e. The lowest BCUT2D eigenvalue weighted by Crippen LogP contribution is -2.50. The highest BCUT2D eigenvalue weighted by atomic mass is 16.5. The Bertz CT molecular complexity index is 1070. The molecule has 1 saturated heterocycles. The Morgan fingerprint density at radius 3 is 2.44 bits per heavy atom. The summed E-state index contributed by atoms with van der Waals surface area (Å²) < 4.78 is 12.5. The lowest BCUT2D eigenvalue weighted by atomic mass is 10.1. The highest BCUT2D eigenvalue weighted by molar-refractivity contribution is 6.02. The number of hydrogen-bond acceptors (Lipinski definition) is 6. The van der Waals surface area contributed by atoms with Crippen molar-refractivity contribution >= 4 is 17.9 Å². The van der Waals surface area contributed by atoms with Crippen LogP contribution < -0.4 is 0 Å². The summed E-state index contributed by atoms with van der Waals surface area (Å²) in [4.78, 5) is 28.7. The van der Waals surface area contributed by atoms with E-state index >= 15 is 0 Å². The van der Waals surface area contributed by atoms with Crippen molar-refractivity contribution in [2.45, 2.75) is 33.7 Å². The molecule has 0 spiro atoms. The van der Waals surface area contributed by atoms with Crippen LogP contribution in [0.4, 0.5) is 0 Å². The molecule has 170 valence electrons. The van der Waals surface area contributed by atoms with E-state index in [1.807, 2.05) is 19.9 Å². The fraction of sp³-hybridized carbons (Fsp3) is 0.478. The maximum absolute atomic E-state index is 13.0. The smallest absolute Gasteiger partial charge is 0.292 e. The van der Waals surface area contributed by atoms with Crippen LogP contribution in [0.25, 0.3) is 6.08 Å². The normalized spacial score (nSPS) is 15.6. The van der Waals surface area contributed by atoms with Gasteiger partial charge >= 0.3 is 0 Å². The second-order valence-corrected chi connectivity index (χ2v) is 8.09. The number of rotatable bonds is 6. The Morgan fingerprint density at radius 1 is 1.22 bits per heavy atom. The van der Waals surface area contributed by atoms with Crippen LogP contribution in [-0.4, -0.2) is 71.2 Å². The maximum atomic E-state index is 13.0. The predicted molar refractivity (Wildman–Crippen MR) is 118 cm³/mol. The Hall–Kier alpha value is -3.38. The molecule has 1 unspecified atom stereocenters. The Kier molecular flexibility index (Phi) is 7.15. The third-order valence-electron chi connectivity index (χ3n) is 5.72. The van der Waals surface area contributed by atoms with Crippen molar-refractivity contribution in [1.82, 2.24) is 19.5 Å². The van der Waals surface area contributed by atoms with Gasteiger partial charge in [-0.1, -0.05) is 5.16 Å². The number of nitrogens with zero attached hydrogens (tertiary/aromatic N) is 5. The van der Waals surface area contributed by atoms with Crippen LogP contribution in [0.3, 0.4) is 0 Å². The third-order valence-corrected chi connectivity index (χ3v) is 5.72. The zero-order chi connectivity index (χ0) is 23.4. The minimum atomic E-state index is -0.329. The van der Waals surface area contributed by atoms with Gasteiger partial charge in [-0.05, 0) is 45.4 Å². The summed E-state index contributed by atoms with van der Waals surface area (Å²) in [5.74, 6) is -0.380. The Labute approximate surface area is 187 Å². The van der Waals surface area contributed by atoms with E-state index in [1.54, 1.807) is 36.0 Å². The molecule has 1 aliphatic heterocycles. The molecule has 3 heterocycles. The molecule has 2 aromatic heterocycles. The average Bonchev–Trinajstić information content (AvgIpc) is 3.33. The summed E-state index contributed by atoms with van der Waals surface area (Å²) in [7, 11) is 1.66. The van der Waals surface area contributed by atoms with Gasteiger partial charge in [0.15, 0.2) is 0 Å². The fourth-order valence-corrected chi connectivity index (χ4v) is 4.14. The van der Waals surface area contributed by atoms with Crippen molar-refractivity contribution in [2.24, 2.45) is 0 Å². The van der Waals surface area contributed by atoms with Crippen LogP contribution in [0.5, 0.6) is 0 Å². The van der Waals surface area contributed by atoms with Gasteiger partial charge in [0.2, 0.25) is 5.76 Å². The molecule has 2 aromatic rings. The van der Waals surface area contributed by atoms with Crippen LogP contribution in [0.15, 0.2) is 22.2 Å². The second kappa shape index (κ2) is 9.83. The monoisotopic (exact) mass is 439 g/mol. The van der Waals surface area contributed by atoms with Gasteiger partial charge in [0.05, 0.1) is 18.3 Å². The average molecular weight is 440 g/mol. The summed E-state index contributed by atoms with van der Waals surface area (Å²) in [6.07, 6.45) is 1.65. The van der Waals surface area contributed by atoms with Gasteiger partial charge in [-0.25, -0.2) is 0 Å². The summed E-state index contributed by atoms with van der Waals surface area (Å²) in [5, 5.41) is 13.4. The van der Waals surface area contributed by atoms with Crippen molar-refractivity contribution in [3.63, 3.8) is 0 Å². The van der Waals surface area contributed by atoms with E-state index in [-0.39, 0.29) is 29.2 Å². The van der Waals surface area contributed by atoms with Crippen LogP contribution in [0.1, 0.15) is 46.2 Å². The molecule has 0 N–H and O–H groups in total. The Morgan fingerprint density at radius 2 is 1.88 bits per heavy atom. The quantitative estimate of drug-likeness (QED) is 0.506. The first kappa shape index (κ1) is 23.3. The van der Waals surface area contributed by atoms with Gasteiger partial charge in [0.25, 0.3) is 11.8 Å². The van der Waals surface area contributed by atoms with Crippen molar-refractivity contribution in [1.29, 1.82) is 5.26 Å². The van der Waals surface area contributed by atoms with Crippen molar-refractivity contribution in [3.05, 3.63) is 46.1 Å². The van der Waals surface area contributed by atoms with E-state index < -0.39 is 0 Å². The van der Waals surface area contributed by atoms with Gasteiger partial charge in [0, 0.05) is 50.7 Å². The molecule has 0 saturated carbocycles. The van der Waals surface area contributed by atoms with Crippen molar-refractivity contribution in [2.75, 3.05) is 39.9 Å². The van der Waals surface area contributed by atoms with Gasteiger partial charge < -0.3 is 23.6 Å². The zero-order valence-electron chi connectivity index (χ0n) is 19.2. The largest absolute Gasteiger partial charge is 0.383 e. The SMILES string of the molecule is COCC(C)n1c(C)cc(/C=C(\C#N)C(=O)N2CCN(C(=O)c3cc(C)no3)CC2)c1C. The number of nitriles is 1. The molecular formula is C23H29N5O4. The van der Waals surface area contributed by atoms with Gasteiger partial charge in [-0.2, -0.15) is 5.26 Å². The molecule has 1 aliphatic rings. The van der Waals surface area contributed by atoms with Crippen LogP contribution in [0.2, 0.25) is 0 Å². The number of ether oxygens (including phenoxy) is 1. The molecule has 0 bridgehead atoms.